The van der Waals surface area contributed by atoms with Crippen LogP contribution < -0.4 is 4.68 Å². The van der Waals surface area contributed by atoms with Gasteiger partial charge in [-0.1, -0.05) is 4.68 Å². The summed E-state index contributed by atoms with van der Waals surface area (Å²) in [5, 5.41) is 7.68. The van der Waals surface area contributed by atoms with E-state index in [9.17, 15) is 13.0 Å². The molecule has 0 aliphatic heterocycles. The number of benzene rings is 1. The van der Waals surface area contributed by atoms with Gasteiger partial charge in [0.05, 0.1) is 11.4 Å². The van der Waals surface area contributed by atoms with Crippen molar-refractivity contribution in [1.29, 1.82) is 0 Å². The van der Waals surface area contributed by atoms with E-state index >= 15 is 0 Å². The lowest BCUT2D eigenvalue weighted by Gasteiger charge is -2.05. The summed E-state index contributed by atoms with van der Waals surface area (Å²) in [6, 6.07) is 5.49. The summed E-state index contributed by atoms with van der Waals surface area (Å²) in [6.45, 7) is 2.61. The normalized spacial score (nSPS) is 11.6. The Hall–Kier alpha value is -1.80. The molecule has 0 radical (unpaired) electrons. The SMILES string of the molecule is CC[n+]1cn(-c2ccc(S(=O)(=O)[O-])cc2)nn1. The second-order valence-corrected chi connectivity index (χ2v) is 4.72. The van der Waals surface area contributed by atoms with Crippen molar-refractivity contribution in [3.05, 3.63) is 30.6 Å². The topological polar surface area (TPSA) is 91.8 Å². The van der Waals surface area contributed by atoms with Gasteiger partial charge in [-0.15, -0.1) is 4.68 Å². The zero-order valence-corrected chi connectivity index (χ0v) is 9.83. The summed E-state index contributed by atoms with van der Waals surface area (Å²) in [5.41, 5.74) is 0.636. The molecule has 0 bridgehead atoms. The molecule has 0 fully saturated rings. The molecule has 0 amide bonds. The average Bonchev–Trinajstić information content (AvgIpc) is 2.76. The molecule has 2 rings (SSSR count). The fourth-order valence-corrected chi connectivity index (χ4v) is 1.77. The van der Waals surface area contributed by atoms with Crippen molar-refractivity contribution >= 4 is 10.1 Å². The van der Waals surface area contributed by atoms with Crippen molar-refractivity contribution < 1.29 is 17.7 Å². The van der Waals surface area contributed by atoms with Crippen LogP contribution in [-0.2, 0) is 16.7 Å². The third-order valence-electron chi connectivity index (χ3n) is 2.21. The van der Waals surface area contributed by atoms with Crippen molar-refractivity contribution in [3.63, 3.8) is 0 Å². The number of rotatable bonds is 3. The summed E-state index contributed by atoms with van der Waals surface area (Å²) in [5.74, 6) is 0. The van der Waals surface area contributed by atoms with Crippen molar-refractivity contribution in [3.8, 4) is 5.69 Å². The van der Waals surface area contributed by atoms with Crippen LogP contribution in [0.1, 0.15) is 6.92 Å². The van der Waals surface area contributed by atoms with Gasteiger partial charge in [-0.05, 0) is 31.2 Å². The highest BCUT2D eigenvalue weighted by molar-refractivity contribution is 7.85. The van der Waals surface area contributed by atoms with E-state index in [-0.39, 0.29) is 4.90 Å². The van der Waals surface area contributed by atoms with Crippen molar-refractivity contribution in [2.75, 3.05) is 0 Å². The smallest absolute Gasteiger partial charge is 0.250 e. The van der Waals surface area contributed by atoms with Crippen LogP contribution in [0.3, 0.4) is 0 Å². The van der Waals surface area contributed by atoms with Crippen LogP contribution in [0.15, 0.2) is 35.5 Å². The Morgan fingerprint density at radius 2 is 2.00 bits per heavy atom. The summed E-state index contributed by atoms with van der Waals surface area (Å²) in [7, 11) is -4.40. The molecule has 0 saturated heterocycles. The maximum Gasteiger partial charge on any atom is 0.250 e. The number of aryl methyl sites for hydroxylation is 1. The largest absolute Gasteiger partial charge is 0.744 e. The van der Waals surface area contributed by atoms with Gasteiger partial charge in [-0.25, -0.2) is 8.42 Å². The van der Waals surface area contributed by atoms with Crippen LogP contribution in [0.4, 0.5) is 0 Å². The second-order valence-electron chi connectivity index (χ2n) is 3.34. The Labute approximate surface area is 98.0 Å². The van der Waals surface area contributed by atoms with Gasteiger partial charge >= 0.3 is 0 Å². The van der Waals surface area contributed by atoms with Crippen LogP contribution in [-0.4, -0.2) is 28.1 Å². The molecule has 0 N–H and O–H groups in total. The Balaban J connectivity index is 2.35. The minimum atomic E-state index is -4.40. The minimum Gasteiger partial charge on any atom is -0.744 e. The molecule has 1 aromatic carbocycles. The third kappa shape index (κ3) is 2.48. The first-order valence-corrected chi connectivity index (χ1v) is 6.30. The number of hydrogen-bond donors (Lipinski definition) is 0. The molecule has 0 unspecified atom stereocenters. The van der Waals surface area contributed by atoms with E-state index in [1.54, 1.807) is 11.0 Å². The lowest BCUT2D eigenvalue weighted by molar-refractivity contribution is -0.751. The standard InChI is InChI=1S/C9H10N4O3S/c1-2-12-7-13(11-10-12)8-3-5-9(6-4-8)17(14,15)16/h3-7H,2H2,1H3. The van der Waals surface area contributed by atoms with E-state index < -0.39 is 10.1 Å². The molecular weight excluding hydrogens is 244 g/mol. The maximum atomic E-state index is 10.7. The molecule has 2 aromatic rings. The van der Waals surface area contributed by atoms with Gasteiger partial charge < -0.3 is 4.55 Å². The Morgan fingerprint density at radius 3 is 2.47 bits per heavy atom. The minimum absolute atomic E-state index is 0.260. The van der Waals surface area contributed by atoms with Crippen LogP contribution in [0.25, 0.3) is 5.69 Å². The van der Waals surface area contributed by atoms with Gasteiger partial charge in [0, 0.05) is 0 Å². The van der Waals surface area contributed by atoms with E-state index in [0.717, 1.165) is 0 Å². The predicted octanol–water partition coefficient (Wildman–Crippen LogP) is -0.521. The molecule has 7 nitrogen and oxygen atoms in total. The second kappa shape index (κ2) is 4.22. The van der Waals surface area contributed by atoms with Crippen molar-refractivity contribution in [1.82, 2.24) is 15.1 Å². The van der Waals surface area contributed by atoms with Gasteiger partial charge in [-0.3, -0.25) is 0 Å². The van der Waals surface area contributed by atoms with E-state index in [4.69, 9.17) is 0 Å². The van der Waals surface area contributed by atoms with Gasteiger partial charge in [0.1, 0.15) is 21.0 Å². The number of aromatic nitrogens is 4. The quantitative estimate of drug-likeness (QED) is 0.543. The van der Waals surface area contributed by atoms with E-state index in [0.29, 0.717) is 12.2 Å². The highest BCUT2D eigenvalue weighted by Crippen LogP contribution is 2.11. The highest BCUT2D eigenvalue weighted by Gasteiger charge is 2.10. The summed E-state index contributed by atoms with van der Waals surface area (Å²) in [4.78, 5) is -0.260. The number of tetrazole rings is 1. The molecule has 17 heavy (non-hydrogen) atoms. The summed E-state index contributed by atoms with van der Waals surface area (Å²) < 4.78 is 35.3. The van der Waals surface area contributed by atoms with Crippen molar-refractivity contribution in [2.45, 2.75) is 18.4 Å². The van der Waals surface area contributed by atoms with E-state index in [1.165, 1.54) is 28.9 Å². The monoisotopic (exact) mass is 254 g/mol. The van der Waals surface area contributed by atoms with Crippen LogP contribution >= 0.6 is 0 Å². The zero-order chi connectivity index (χ0) is 12.5. The highest BCUT2D eigenvalue weighted by atomic mass is 32.2. The molecule has 0 aliphatic carbocycles. The van der Waals surface area contributed by atoms with Crippen LogP contribution in [0.5, 0.6) is 0 Å². The molecule has 0 aliphatic rings. The lowest BCUT2D eigenvalue weighted by atomic mass is 10.3. The Morgan fingerprint density at radius 1 is 1.35 bits per heavy atom. The van der Waals surface area contributed by atoms with Gasteiger partial charge in [0.15, 0.2) is 5.21 Å². The van der Waals surface area contributed by atoms with Crippen LogP contribution in [0, 0.1) is 0 Å². The molecule has 8 heteroatoms. The fourth-order valence-electron chi connectivity index (χ4n) is 1.30. The first kappa shape index (κ1) is 11.7. The van der Waals surface area contributed by atoms with E-state index in [1.807, 2.05) is 6.92 Å². The zero-order valence-electron chi connectivity index (χ0n) is 9.02. The third-order valence-corrected chi connectivity index (χ3v) is 3.06. The van der Waals surface area contributed by atoms with Crippen LogP contribution in [0.2, 0.25) is 0 Å². The summed E-state index contributed by atoms with van der Waals surface area (Å²) >= 11 is 0. The maximum absolute atomic E-state index is 10.7. The fraction of sp³-hybridized carbons (Fsp3) is 0.222. The first-order valence-electron chi connectivity index (χ1n) is 4.89. The van der Waals surface area contributed by atoms with E-state index in [2.05, 4.69) is 10.4 Å². The van der Waals surface area contributed by atoms with Gasteiger partial charge in [-0.2, -0.15) is 0 Å². The average molecular weight is 254 g/mol. The molecule has 1 heterocycles. The summed E-state index contributed by atoms with van der Waals surface area (Å²) in [6.07, 6.45) is 1.67. The molecule has 0 atom stereocenters. The van der Waals surface area contributed by atoms with Crippen molar-refractivity contribution in [2.24, 2.45) is 0 Å². The predicted molar refractivity (Wildman–Crippen MR) is 55.2 cm³/mol. The van der Waals surface area contributed by atoms with Gasteiger partial charge in [0.25, 0.3) is 0 Å². The first-order chi connectivity index (χ1) is 8.00. The Kier molecular flexibility index (Phi) is 2.90. The molecule has 0 saturated carbocycles. The molecule has 1 aromatic heterocycles. The number of hydrogen-bond acceptors (Lipinski definition) is 5. The lowest BCUT2D eigenvalue weighted by Crippen LogP contribution is -2.33. The molecular formula is C9H10N4O3S. The molecule has 90 valence electrons. The Bertz CT molecular complexity index is 618. The molecule has 0 spiro atoms. The van der Waals surface area contributed by atoms with Gasteiger partial charge in [0.2, 0.25) is 6.33 Å². The number of nitrogens with zero attached hydrogens (tertiary/aromatic N) is 4.